The number of nitrogens with zero attached hydrogens (tertiary/aromatic N) is 3. The Hall–Kier alpha value is -1.63. The number of hydrogen-bond donors (Lipinski definition) is 2. The van der Waals surface area contributed by atoms with Gasteiger partial charge in [-0.25, -0.2) is 0 Å². The smallest absolute Gasteiger partial charge is 0.322 e. The van der Waals surface area contributed by atoms with Crippen molar-refractivity contribution in [1.29, 1.82) is 0 Å². The molecule has 2 rings (SSSR count). The number of anilines is 2. The highest BCUT2D eigenvalue weighted by molar-refractivity contribution is 5.37. The molecule has 1 fully saturated rings. The SMILES string of the molecule is CCNc1nc(NC2CC(OCC)C2)nc(OC)n1. The van der Waals surface area contributed by atoms with Gasteiger partial charge in [0.25, 0.3) is 0 Å². The maximum atomic E-state index is 5.52. The van der Waals surface area contributed by atoms with Crippen LogP contribution in [0.3, 0.4) is 0 Å². The monoisotopic (exact) mass is 267 g/mol. The van der Waals surface area contributed by atoms with Crippen LogP contribution >= 0.6 is 0 Å². The summed E-state index contributed by atoms with van der Waals surface area (Å²) in [6.45, 7) is 5.52. The first kappa shape index (κ1) is 13.8. The molecule has 0 bridgehead atoms. The van der Waals surface area contributed by atoms with E-state index < -0.39 is 0 Å². The molecule has 0 aromatic carbocycles. The number of rotatable bonds is 7. The number of hydrogen-bond acceptors (Lipinski definition) is 7. The lowest BCUT2D eigenvalue weighted by Crippen LogP contribution is -2.41. The number of methoxy groups -OCH3 is 1. The van der Waals surface area contributed by atoms with Gasteiger partial charge in [-0.15, -0.1) is 0 Å². The molecular weight excluding hydrogens is 246 g/mol. The summed E-state index contributed by atoms with van der Waals surface area (Å²) in [6, 6.07) is 0.673. The minimum atomic E-state index is 0.314. The molecule has 2 N–H and O–H groups in total. The van der Waals surface area contributed by atoms with Crippen LogP contribution in [0, 0.1) is 0 Å². The number of aromatic nitrogens is 3. The molecule has 0 radical (unpaired) electrons. The molecule has 1 aromatic rings. The predicted octanol–water partition coefficient (Wildman–Crippen LogP) is 1.29. The van der Waals surface area contributed by atoms with Crippen molar-refractivity contribution in [2.75, 3.05) is 30.9 Å². The minimum absolute atomic E-state index is 0.314. The van der Waals surface area contributed by atoms with E-state index in [2.05, 4.69) is 25.6 Å². The standard InChI is InChI=1S/C12H21N5O2/c1-4-13-10-15-11(17-12(16-10)18-3)14-8-6-9(7-8)19-5-2/h8-9H,4-7H2,1-3H3,(H2,13,14,15,16,17). The fraction of sp³-hybridized carbons (Fsp3) is 0.750. The average Bonchev–Trinajstić information content (AvgIpc) is 2.36. The molecule has 0 amide bonds. The molecule has 1 aliphatic rings. The summed E-state index contributed by atoms with van der Waals surface area (Å²) in [4.78, 5) is 12.6. The van der Waals surface area contributed by atoms with Gasteiger partial charge in [0.05, 0.1) is 13.2 Å². The summed E-state index contributed by atoms with van der Waals surface area (Å²) in [5.74, 6) is 1.07. The molecule has 7 heteroatoms. The van der Waals surface area contributed by atoms with Crippen LogP contribution in [0.4, 0.5) is 11.9 Å². The fourth-order valence-corrected chi connectivity index (χ4v) is 1.99. The summed E-state index contributed by atoms with van der Waals surface area (Å²) in [5.41, 5.74) is 0. The van der Waals surface area contributed by atoms with E-state index in [4.69, 9.17) is 9.47 Å². The first-order valence-electron chi connectivity index (χ1n) is 6.67. The van der Waals surface area contributed by atoms with Crippen molar-refractivity contribution < 1.29 is 9.47 Å². The normalized spacial score (nSPS) is 21.6. The van der Waals surface area contributed by atoms with E-state index >= 15 is 0 Å². The lowest BCUT2D eigenvalue weighted by Gasteiger charge is -2.35. The molecule has 0 spiro atoms. The Morgan fingerprint density at radius 3 is 2.53 bits per heavy atom. The highest BCUT2D eigenvalue weighted by Gasteiger charge is 2.30. The topological polar surface area (TPSA) is 81.2 Å². The molecule has 1 aliphatic carbocycles. The zero-order valence-electron chi connectivity index (χ0n) is 11.6. The molecule has 0 atom stereocenters. The van der Waals surface area contributed by atoms with Gasteiger partial charge in [-0.2, -0.15) is 15.0 Å². The largest absolute Gasteiger partial charge is 0.467 e. The maximum absolute atomic E-state index is 5.52. The van der Waals surface area contributed by atoms with E-state index in [0.717, 1.165) is 26.0 Å². The van der Waals surface area contributed by atoms with Crippen LogP contribution in [0.25, 0.3) is 0 Å². The third kappa shape index (κ3) is 3.66. The van der Waals surface area contributed by atoms with Crippen LogP contribution in [0.1, 0.15) is 26.7 Å². The lowest BCUT2D eigenvalue weighted by atomic mass is 9.89. The van der Waals surface area contributed by atoms with Crippen LogP contribution in [0.15, 0.2) is 0 Å². The third-order valence-corrected chi connectivity index (χ3v) is 2.96. The van der Waals surface area contributed by atoms with Gasteiger partial charge >= 0.3 is 6.01 Å². The molecule has 0 aliphatic heterocycles. The van der Waals surface area contributed by atoms with Crippen LogP contribution in [-0.4, -0.2) is 47.4 Å². The van der Waals surface area contributed by atoms with Gasteiger partial charge in [0, 0.05) is 19.2 Å². The third-order valence-electron chi connectivity index (χ3n) is 2.96. The first-order valence-corrected chi connectivity index (χ1v) is 6.67. The summed E-state index contributed by atoms with van der Waals surface area (Å²) >= 11 is 0. The van der Waals surface area contributed by atoms with Crippen LogP contribution < -0.4 is 15.4 Å². The quantitative estimate of drug-likeness (QED) is 0.770. The first-order chi connectivity index (χ1) is 9.25. The average molecular weight is 267 g/mol. The highest BCUT2D eigenvalue weighted by Crippen LogP contribution is 2.26. The van der Waals surface area contributed by atoms with Crippen LogP contribution in [-0.2, 0) is 4.74 Å². The second-order valence-corrected chi connectivity index (χ2v) is 4.39. The summed E-state index contributed by atoms with van der Waals surface area (Å²) in [6.07, 6.45) is 2.33. The summed E-state index contributed by atoms with van der Waals surface area (Å²) < 4.78 is 10.6. The summed E-state index contributed by atoms with van der Waals surface area (Å²) in [7, 11) is 1.54. The second-order valence-electron chi connectivity index (χ2n) is 4.39. The minimum Gasteiger partial charge on any atom is -0.467 e. The number of nitrogens with one attached hydrogen (secondary N) is 2. The maximum Gasteiger partial charge on any atom is 0.322 e. The summed E-state index contributed by atoms with van der Waals surface area (Å²) in [5, 5.41) is 6.33. The van der Waals surface area contributed by atoms with Crippen molar-refractivity contribution in [3.63, 3.8) is 0 Å². The van der Waals surface area contributed by atoms with Crippen molar-refractivity contribution in [2.24, 2.45) is 0 Å². The molecule has 7 nitrogen and oxygen atoms in total. The Balaban J connectivity index is 1.94. The van der Waals surface area contributed by atoms with E-state index in [1.165, 1.54) is 0 Å². The Kier molecular flexibility index (Phi) is 4.73. The van der Waals surface area contributed by atoms with Crippen molar-refractivity contribution in [3.8, 4) is 6.01 Å². The fourth-order valence-electron chi connectivity index (χ4n) is 1.99. The Morgan fingerprint density at radius 2 is 1.89 bits per heavy atom. The van der Waals surface area contributed by atoms with E-state index in [1.54, 1.807) is 7.11 Å². The van der Waals surface area contributed by atoms with Crippen molar-refractivity contribution in [3.05, 3.63) is 0 Å². The van der Waals surface area contributed by atoms with Gasteiger partial charge < -0.3 is 20.1 Å². The zero-order chi connectivity index (χ0) is 13.7. The van der Waals surface area contributed by atoms with E-state index in [-0.39, 0.29) is 0 Å². The van der Waals surface area contributed by atoms with Crippen molar-refractivity contribution in [2.45, 2.75) is 38.8 Å². The lowest BCUT2D eigenvalue weighted by molar-refractivity contribution is 0.00284. The molecule has 1 aromatic heterocycles. The zero-order valence-corrected chi connectivity index (χ0v) is 11.6. The Bertz CT molecular complexity index is 409. The molecular formula is C12H21N5O2. The van der Waals surface area contributed by atoms with Crippen LogP contribution in [0.2, 0.25) is 0 Å². The second kappa shape index (κ2) is 6.51. The molecule has 19 heavy (non-hydrogen) atoms. The number of ether oxygens (including phenoxy) is 2. The van der Waals surface area contributed by atoms with Crippen molar-refractivity contribution >= 4 is 11.9 Å². The molecule has 106 valence electrons. The van der Waals surface area contributed by atoms with E-state index in [1.807, 2.05) is 13.8 Å². The van der Waals surface area contributed by atoms with E-state index in [0.29, 0.717) is 30.1 Å². The van der Waals surface area contributed by atoms with Gasteiger partial charge in [-0.1, -0.05) is 0 Å². The Morgan fingerprint density at radius 1 is 1.16 bits per heavy atom. The molecule has 0 unspecified atom stereocenters. The van der Waals surface area contributed by atoms with Crippen LogP contribution in [0.5, 0.6) is 6.01 Å². The van der Waals surface area contributed by atoms with Gasteiger partial charge in [-0.3, -0.25) is 0 Å². The Labute approximate surface area is 113 Å². The predicted molar refractivity (Wildman–Crippen MR) is 72.6 cm³/mol. The van der Waals surface area contributed by atoms with Gasteiger partial charge in [0.2, 0.25) is 11.9 Å². The van der Waals surface area contributed by atoms with Crippen molar-refractivity contribution in [1.82, 2.24) is 15.0 Å². The molecule has 1 saturated carbocycles. The molecule has 1 heterocycles. The molecule has 0 saturated heterocycles. The van der Waals surface area contributed by atoms with E-state index in [9.17, 15) is 0 Å². The van der Waals surface area contributed by atoms with Gasteiger partial charge in [-0.05, 0) is 26.7 Å². The van der Waals surface area contributed by atoms with Gasteiger partial charge in [0.15, 0.2) is 0 Å². The highest BCUT2D eigenvalue weighted by atomic mass is 16.5. The van der Waals surface area contributed by atoms with Gasteiger partial charge in [0.1, 0.15) is 0 Å².